The summed E-state index contributed by atoms with van der Waals surface area (Å²) >= 11 is 7.56. The summed E-state index contributed by atoms with van der Waals surface area (Å²) in [6.07, 6.45) is 6.77. The van der Waals surface area contributed by atoms with Gasteiger partial charge in [0.2, 0.25) is 0 Å². The summed E-state index contributed by atoms with van der Waals surface area (Å²) < 4.78 is 15.0. The van der Waals surface area contributed by atoms with Crippen molar-refractivity contribution in [2.75, 3.05) is 0 Å². The van der Waals surface area contributed by atoms with Gasteiger partial charge < -0.3 is 0 Å². The van der Waals surface area contributed by atoms with Crippen molar-refractivity contribution >= 4 is 39.4 Å². The second kappa shape index (κ2) is 6.11. The number of hydrogen-bond donors (Lipinski definition) is 0. The summed E-state index contributed by atoms with van der Waals surface area (Å²) in [4.78, 5) is 19.1. The van der Waals surface area contributed by atoms with Crippen molar-refractivity contribution in [2.45, 2.75) is 25.7 Å². The minimum Gasteiger partial charge on any atom is -0.267 e. The van der Waals surface area contributed by atoms with Gasteiger partial charge in [-0.25, -0.2) is 9.37 Å². The molecule has 1 aliphatic rings. The maximum Gasteiger partial charge on any atom is 0.282 e. The van der Waals surface area contributed by atoms with Gasteiger partial charge in [0.15, 0.2) is 0 Å². The standard InChI is InChI=1S/C17H13ClFN3OS/c18-12-5-3-6-13(19)11(12)8-21-22-9-20-16-15(17(22)23)10-4-1-2-7-14(10)24-16/h3,5-6,8-9H,1-2,4,7H2/b21-8-. The molecule has 4 rings (SSSR count). The molecule has 2 heterocycles. The maximum absolute atomic E-state index is 13.8. The molecule has 0 saturated carbocycles. The highest BCUT2D eigenvalue weighted by atomic mass is 35.5. The number of rotatable bonds is 2. The van der Waals surface area contributed by atoms with Crippen LogP contribution in [0.5, 0.6) is 0 Å². The molecule has 24 heavy (non-hydrogen) atoms. The van der Waals surface area contributed by atoms with Crippen molar-refractivity contribution in [3.63, 3.8) is 0 Å². The van der Waals surface area contributed by atoms with Gasteiger partial charge in [0.25, 0.3) is 5.56 Å². The highest BCUT2D eigenvalue weighted by Gasteiger charge is 2.19. The molecule has 0 fully saturated rings. The van der Waals surface area contributed by atoms with E-state index in [4.69, 9.17) is 11.6 Å². The fourth-order valence-corrected chi connectivity index (χ4v) is 4.40. The van der Waals surface area contributed by atoms with Gasteiger partial charge in [-0.3, -0.25) is 4.79 Å². The first-order valence-corrected chi connectivity index (χ1v) is 8.85. The van der Waals surface area contributed by atoms with Crippen LogP contribution >= 0.6 is 22.9 Å². The molecular weight excluding hydrogens is 349 g/mol. The topological polar surface area (TPSA) is 47.2 Å². The molecular formula is C17H13ClFN3OS. The summed E-state index contributed by atoms with van der Waals surface area (Å²) in [6, 6.07) is 4.39. The highest BCUT2D eigenvalue weighted by molar-refractivity contribution is 7.18. The second-order valence-electron chi connectivity index (χ2n) is 5.67. The third-order valence-electron chi connectivity index (χ3n) is 4.17. The van der Waals surface area contributed by atoms with E-state index in [2.05, 4.69) is 10.1 Å². The van der Waals surface area contributed by atoms with E-state index in [1.54, 1.807) is 17.4 Å². The minimum atomic E-state index is -0.485. The largest absolute Gasteiger partial charge is 0.282 e. The fourth-order valence-electron chi connectivity index (χ4n) is 2.97. The molecule has 122 valence electrons. The molecule has 0 bridgehead atoms. The van der Waals surface area contributed by atoms with Crippen molar-refractivity contribution in [1.82, 2.24) is 9.66 Å². The Morgan fingerprint density at radius 2 is 2.17 bits per heavy atom. The van der Waals surface area contributed by atoms with Gasteiger partial charge in [0.05, 0.1) is 16.6 Å². The summed E-state index contributed by atoms with van der Waals surface area (Å²) in [6.45, 7) is 0. The van der Waals surface area contributed by atoms with Crippen LogP contribution < -0.4 is 5.56 Å². The molecule has 0 spiro atoms. The molecule has 1 aliphatic carbocycles. The number of fused-ring (bicyclic) bond motifs is 3. The van der Waals surface area contributed by atoms with Crippen LogP contribution in [0.15, 0.2) is 34.4 Å². The van der Waals surface area contributed by atoms with Gasteiger partial charge in [0.1, 0.15) is 17.0 Å². The monoisotopic (exact) mass is 361 g/mol. The Labute approximate surface area is 146 Å². The van der Waals surface area contributed by atoms with Crippen LogP contribution in [-0.4, -0.2) is 15.9 Å². The Bertz CT molecular complexity index is 1000. The smallest absolute Gasteiger partial charge is 0.267 e. The van der Waals surface area contributed by atoms with Crippen molar-refractivity contribution in [3.05, 3.63) is 61.7 Å². The molecule has 0 unspecified atom stereocenters. The van der Waals surface area contributed by atoms with Gasteiger partial charge in [-0.1, -0.05) is 17.7 Å². The number of aromatic nitrogens is 2. The molecule has 3 aromatic rings. The highest BCUT2D eigenvalue weighted by Crippen LogP contribution is 2.33. The first-order chi connectivity index (χ1) is 11.6. The zero-order valence-electron chi connectivity index (χ0n) is 12.6. The van der Waals surface area contributed by atoms with E-state index in [-0.39, 0.29) is 16.1 Å². The van der Waals surface area contributed by atoms with E-state index in [1.165, 1.54) is 29.6 Å². The maximum atomic E-state index is 13.8. The van der Waals surface area contributed by atoms with Crippen molar-refractivity contribution < 1.29 is 4.39 Å². The fraction of sp³-hybridized carbons (Fsp3) is 0.235. The first-order valence-electron chi connectivity index (χ1n) is 7.65. The van der Waals surface area contributed by atoms with Crippen LogP contribution in [0.25, 0.3) is 10.2 Å². The van der Waals surface area contributed by atoms with Gasteiger partial charge >= 0.3 is 0 Å². The van der Waals surface area contributed by atoms with E-state index in [0.29, 0.717) is 5.39 Å². The zero-order valence-corrected chi connectivity index (χ0v) is 14.2. The Kier molecular flexibility index (Phi) is 3.94. The number of halogens is 2. The second-order valence-corrected chi connectivity index (χ2v) is 7.16. The minimum absolute atomic E-state index is 0.151. The molecule has 4 nitrogen and oxygen atoms in total. The van der Waals surface area contributed by atoms with Crippen LogP contribution in [-0.2, 0) is 12.8 Å². The predicted molar refractivity (Wildman–Crippen MR) is 94.9 cm³/mol. The summed E-state index contributed by atoms with van der Waals surface area (Å²) in [5, 5.41) is 4.96. The average molecular weight is 362 g/mol. The summed E-state index contributed by atoms with van der Waals surface area (Å²) in [5.41, 5.74) is 1.04. The lowest BCUT2D eigenvalue weighted by molar-refractivity contribution is 0.625. The number of benzene rings is 1. The summed E-state index contributed by atoms with van der Waals surface area (Å²) in [7, 11) is 0. The normalized spacial score (nSPS) is 14.4. The van der Waals surface area contributed by atoms with E-state index >= 15 is 0 Å². The summed E-state index contributed by atoms with van der Waals surface area (Å²) in [5.74, 6) is -0.485. The number of hydrogen-bond acceptors (Lipinski definition) is 4. The van der Waals surface area contributed by atoms with Crippen molar-refractivity contribution in [3.8, 4) is 0 Å². The van der Waals surface area contributed by atoms with Crippen LogP contribution in [0.4, 0.5) is 4.39 Å². The Hall–Kier alpha value is -2.05. The van der Waals surface area contributed by atoms with Crippen LogP contribution in [0.2, 0.25) is 5.02 Å². The van der Waals surface area contributed by atoms with Crippen molar-refractivity contribution in [2.24, 2.45) is 5.10 Å². The molecule has 0 aliphatic heterocycles. The first kappa shape index (κ1) is 15.5. The Morgan fingerprint density at radius 1 is 1.33 bits per heavy atom. The lowest BCUT2D eigenvalue weighted by Gasteiger charge is -2.09. The third kappa shape index (κ3) is 2.56. The van der Waals surface area contributed by atoms with Crippen molar-refractivity contribution in [1.29, 1.82) is 0 Å². The van der Waals surface area contributed by atoms with E-state index in [9.17, 15) is 9.18 Å². The van der Waals surface area contributed by atoms with E-state index in [1.807, 2.05) is 0 Å². The van der Waals surface area contributed by atoms with E-state index < -0.39 is 5.82 Å². The number of aryl methyl sites for hydroxylation is 2. The van der Waals surface area contributed by atoms with Crippen LogP contribution in [0, 0.1) is 5.82 Å². The molecule has 0 N–H and O–H groups in total. The van der Waals surface area contributed by atoms with Gasteiger partial charge in [-0.05, 0) is 43.4 Å². The number of thiophene rings is 1. The van der Waals surface area contributed by atoms with Gasteiger partial charge in [-0.15, -0.1) is 11.3 Å². The molecule has 1 aromatic carbocycles. The van der Waals surface area contributed by atoms with Crippen LogP contribution in [0.1, 0.15) is 28.8 Å². The third-order valence-corrected chi connectivity index (χ3v) is 5.70. The lowest BCUT2D eigenvalue weighted by atomic mass is 9.97. The van der Waals surface area contributed by atoms with Gasteiger partial charge in [0, 0.05) is 10.4 Å². The predicted octanol–water partition coefficient (Wildman–Crippen LogP) is 4.01. The lowest BCUT2D eigenvalue weighted by Crippen LogP contribution is -2.18. The van der Waals surface area contributed by atoms with E-state index in [0.717, 1.165) is 40.8 Å². The van der Waals surface area contributed by atoms with Crippen LogP contribution in [0.3, 0.4) is 0 Å². The van der Waals surface area contributed by atoms with Gasteiger partial charge in [-0.2, -0.15) is 9.78 Å². The quantitative estimate of drug-likeness (QED) is 0.647. The molecule has 0 radical (unpaired) electrons. The molecule has 2 aromatic heterocycles. The Morgan fingerprint density at radius 3 is 3.00 bits per heavy atom. The zero-order chi connectivity index (χ0) is 16.7. The number of nitrogens with zero attached hydrogens (tertiary/aromatic N) is 3. The molecule has 7 heteroatoms. The average Bonchev–Trinajstić information content (AvgIpc) is 2.95. The SMILES string of the molecule is O=c1c2c3c(sc2ncn1/N=C\c1c(F)cccc1Cl)CCCC3. The molecule has 0 atom stereocenters. The molecule has 0 amide bonds. The molecule has 0 saturated heterocycles. The Balaban J connectivity index is 1.82.